The normalized spacial score (nSPS) is 11.5. The van der Waals surface area contributed by atoms with Crippen molar-refractivity contribution in [3.63, 3.8) is 0 Å². The molecule has 9 nitrogen and oxygen atoms in total. The van der Waals surface area contributed by atoms with E-state index in [-0.39, 0.29) is 17.4 Å². The number of hydrogen-bond acceptors (Lipinski definition) is 8. The van der Waals surface area contributed by atoms with Crippen molar-refractivity contribution in [3.8, 4) is 34.5 Å². The lowest BCUT2D eigenvalue weighted by Gasteiger charge is -2.17. The second-order valence-corrected chi connectivity index (χ2v) is 7.93. The average molecular weight is 464 g/mol. The molecule has 0 saturated heterocycles. The van der Waals surface area contributed by atoms with E-state index in [0.717, 1.165) is 5.56 Å². The van der Waals surface area contributed by atoms with E-state index in [0.29, 0.717) is 27.9 Å². The van der Waals surface area contributed by atoms with E-state index in [1.807, 2.05) is 19.1 Å². The molecule has 0 aliphatic heterocycles. The van der Waals surface area contributed by atoms with Gasteiger partial charge in [-0.2, -0.15) is 4.98 Å². The van der Waals surface area contributed by atoms with E-state index >= 15 is 0 Å². The lowest BCUT2D eigenvalue weighted by atomic mass is 10.2. The highest BCUT2D eigenvalue weighted by Gasteiger charge is 2.22. The van der Waals surface area contributed by atoms with Crippen molar-refractivity contribution < 1.29 is 18.4 Å². The number of aryl methyl sites for hydroxylation is 1. The summed E-state index contributed by atoms with van der Waals surface area (Å²) in [5.41, 5.74) is 1.66. The van der Waals surface area contributed by atoms with Gasteiger partial charge in [-0.3, -0.25) is 9.71 Å². The number of methoxy groups -OCH3 is 2. The average Bonchev–Trinajstić information content (AvgIpc) is 2.86. The molecule has 0 fully saturated rings. The summed E-state index contributed by atoms with van der Waals surface area (Å²) in [5, 5.41) is 0.340. The molecule has 4 rings (SSSR count). The van der Waals surface area contributed by atoms with E-state index in [1.165, 1.54) is 7.11 Å². The van der Waals surface area contributed by atoms with Crippen LogP contribution in [0.1, 0.15) is 5.56 Å². The summed E-state index contributed by atoms with van der Waals surface area (Å²) < 4.78 is 32.9. The summed E-state index contributed by atoms with van der Waals surface area (Å²) >= 11 is 0. The topological polar surface area (TPSA) is 108 Å². The zero-order chi connectivity index (χ0) is 23.2. The summed E-state index contributed by atoms with van der Waals surface area (Å²) in [6.07, 6.45) is 4.90. The molecule has 0 aliphatic rings. The van der Waals surface area contributed by atoms with Crippen molar-refractivity contribution in [1.29, 1.82) is 0 Å². The number of nitrogens with zero attached hydrogens (tertiary/aromatic N) is 4. The van der Waals surface area contributed by atoms with E-state index in [9.17, 15) is 4.21 Å². The molecule has 33 heavy (non-hydrogen) atoms. The van der Waals surface area contributed by atoms with Crippen LogP contribution < -0.4 is 18.9 Å². The highest BCUT2D eigenvalue weighted by molar-refractivity contribution is 7.86. The molecular weight excluding hydrogens is 442 g/mol. The molecular formula is C23H21N5O4S. The van der Waals surface area contributed by atoms with Gasteiger partial charge in [0.1, 0.15) is 5.03 Å². The maximum Gasteiger partial charge on any atom is 0.263 e. The van der Waals surface area contributed by atoms with Gasteiger partial charge in [-0.25, -0.2) is 14.2 Å². The van der Waals surface area contributed by atoms with E-state index in [4.69, 9.17) is 14.2 Å². The summed E-state index contributed by atoms with van der Waals surface area (Å²) in [7, 11) is 1.29. The Morgan fingerprint density at radius 1 is 0.909 bits per heavy atom. The molecule has 3 aromatic heterocycles. The number of hydrogen-bond donors (Lipinski definition) is 1. The SMILES string of the molecule is COc1ccccc1Oc1c(NS(=O)c2ccc(C)cn2)nc(-c2ccncc2)nc1OC. The molecule has 1 aromatic carbocycles. The summed E-state index contributed by atoms with van der Waals surface area (Å²) in [6.45, 7) is 1.91. The van der Waals surface area contributed by atoms with Gasteiger partial charge in [-0.05, 0) is 42.8 Å². The fourth-order valence-electron chi connectivity index (χ4n) is 2.88. The number of anilines is 1. The molecule has 4 aromatic rings. The molecule has 0 spiro atoms. The zero-order valence-electron chi connectivity index (χ0n) is 18.2. The van der Waals surface area contributed by atoms with Crippen molar-refractivity contribution >= 4 is 16.8 Å². The highest BCUT2D eigenvalue weighted by Crippen LogP contribution is 2.41. The Bertz CT molecular complexity index is 1270. The van der Waals surface area contributed by atoms with Crippen molar-refractivity contribution in [1.82, 2.24) is 19.9 Å². The van der Waals surface area contributed by atoms with Crippen LogP contribution in [0, 0.1) is 6.92 Å². The molecule has 1 N–H and O–H groups in total. The first-order valence-electron chi connectivity index (χ1n) is 9.87. The van der Waals surface area contributed by atoms with Crippen molar-refractivity contribution in [2.24, 2.45) is 0 Å². The number of ether oxygens (including phenoxy) is 3. The van der Waals surface area contributed by atoms with Crippen LogP contribution in [-0.2, 0) is 11.0 Å². The van der Waals surface area contributed by atoms with Gasteiger partial charge in [-0.1, -0.05) is 18.2 Å². The predicted molar refractivity (Wildman–Crippen MR) is 124 cm³/mol. The molecule has 0 saturated carbocycles. The third-order valence-corrected chi connectivity index (χ3v) is 5.51. The van der Waals surface area contributed by atoms with Crippen LogP contribution in [0.5, 0.6) is 23.1 Å². The van der Waals surface area contributed by atoms with Gasteiger partial charge < -0.3 is 14.2 Å². The van der Waals surface area contributed by atoms with Crippen molar-refractivity contribution in [2.75, 3.05) is 18.9 Å². The maximum atomic E-state index is 13.0. The summed E-state index contributed by atoms with van der Waals surface area (Å²) in [6, 6.07) is 14.2. The molecule has 3 heterocycles. The quantitative estimate of drug-likeness (QED) is 0.414. The highest BCUT2D eigenvalue weighted by atomic mass is 32.2. The Labute approximate surface area is 193 Å². The van der Waals surface area contributed by atoms with Crippen LogP contribution in [0.3, 0.4) is 0 Å². The van der Waals surface area contributed by atoms with Gasteiger partial charge >= 0.3 is 0 Å². The minimum atomic E-state index is -1.72. The Morgan fingerprint density at radius 2 is 1.67 bits per heavy atom. The standard InChI is InChI=1S/C23H21N5O4S/c1-15-8-9-19(25-14-15)33(29)28-22-20(32-18-7-5-4-6-17(18)30-2)23(31-3)27-21(26-22)16-10-12-24-13-11-16/h4-14H,1-3H3,(H,26,27,28). The minimum Gasteiger partial charge on any atom is -0.493 e. The van der Waals surface area contributed by atoms with Gasteiger partial charge in [0.05, 0.1) is 14.2 Å². The van der Waals surface area contributed by atoms with Crippen LogP contribution in [0.15, 0.2) is 72.1 Å². The number of rotatable bonds is 8. The summed E-state index contributed by atoms with van der Waals surface area (Å²) in [5.74, 6) is 1.74. The lowest BCUT2D eigenvalue weighted by molar-refractivity contribution is 0.348. The number of benzene rings is 1. The first-order chi connectivity index (χ1) is 16.1. The number of para-hydroxylation sites is 2. The van der Waals surface area contributed by atoms with Crippen molar-refractivity contribution in [3.05, 3.63) is 72.7 Å². The predicted octanol–water partition coefficient (Wildman–Crippen LogP) is 4.19. The second-order valence-electron chi connectivity index (χ2n) is 6.77. The fraction of sp³-hybridized carbons (Fsp3) is 0.130. The van der Waals surface area contributed by atoms with Crippen LogP contribution in [0.4, 0.5) is 5.82 Å². The maximum absolute atomic E-state index is 13.0. The van der Waals surface area contributed by atoms with E-state index < -0.39 is 11.0 Å². The lowest BCUT2D eigenvalue weighted by Crippen LogP contribution is -2.11. The molecule has 10 heteroatoms. The molecule has 168 valence electrons. The van der Waals surface area contributed by atoms with Crippen LogP contribution in [0.25, 0.3) is 11.4 Å². The van der Waals surface area contributed by atoms with E-state index in [2.05, 4.69) is 24.7 Å². The monoisotopic (exact) mass is 463 g/mol. The number of nitrogens with one attached hydrogen (secondary N) is 1. The van der Waals surface area contributed by atoms with Crippen LogP contribution >= 0.6 is 0 Å². The van der Waals surface area contributed by atoms with Gasteiger partial charge in [0.15, 0.2) is 34.1 Å². The molecule has 1 atom stereocenters. The zero-order valence-corrected chi connectivity index (χ0v) is 19.0. The number of aromatic nitrogens is 4. The third kappa shape index (κ3) is 5.07. The molecule has 0 bridgehead atoms. The Hall–Kier alpha value is -4.05. The van der Waals surface area contributed by atoms with Gasteiger partial charge in [0.2, 0.25) is 5.75 Å². The Balaban J connectivity index is 1.81. The smallest absolute Gasteiger partial charge is 0.263 e. The van der Waals surface area contributed by atoms with Crippen molar-refractivity contribution in [2.45, 2.75) is 11.9 Å². The first-order valence-corrected chi connectivity index (χ1v) is 11.0. The number of pyridine rings is 2. The van der Waals surface area contributed by atoms with Gasteiger partial charge in [0, 0.05) is 24.2 Å². The Kier molecular flexibility index (Phi) is 6.75. The van der Waals surface area contributed by atoms with Crippen LogP contribution in [0.2, 0.25) is 0 Å². The van der Waals surface area contributed by atoms with Gasteiger partial charge in [0.25, 0.3) is 5.88 Å². The largest absolute Gasteiger partial charge is 0.493 e. The second kappa shape index (κ2) is 10.0. The molecule has 0 amide bonds. The third-order valence-electron chi connectivity index (χ3n) is 4.51. The fourth-order valence-corrected chi connectivity index (χ4v) is 3.64. The molecule has 0 aliphatic carbocycles. The summed E-state index contributed by atoms with van der Waals surface area (Å²) in [4.78, 5) is 17.3. The van der Waals surface area contributed by atoms with Gasteiger partial charge in [-0.15, -0.1) is 0 Å². The van der Waals surface area contributed by atoms with Crippen LogP contribution in [-0.4, -0.2) is 38.4 Å². The molecule has 0 radical (unpaired) electrons. The van der Waals surface area contributed by atoms with E-state index in [1.54, 1.807) is 62.1 Å². The Morgan fingerprint density at radius 3 is 2.33 bits per heavy atom. The minimum absolute atomic E-state index is 0.152. The first kappa shape index (κ1) is 22.2. The molecule has 1 unspecified atom stereocenters.